The number of hydrogen-bond donors (Lipinski definition) is 0. The summed E-state index contributed by atoms with van der Waals surface area (Å²) in [5, 5.41) is 0. The Kier molecular flexibility index (Phi) is 4.18. The highest BCUT2D eigenvalue weighted by Gasteiger charge is 2.21. The van der Waals surface area contributed by atoms with Crippen molar-refractivity contribution in [3.8, 4) is 0 Å². The molecule has 0 aliphatic rings. The van der Waals surface area contributed by atoms with Crippen LogP contribution < -0.4 is 0 Å². The van der Waals surface area contributed by atoms with E-state index in [4.69, 9.17) is 0 Å². The van der Waals surface area contributed by atoms with Gasteiger partial charge in [-0.1, -0.05) is 6.08 Å². The number of ketones is 1. The van der Waals surface area contributed by atoms with Crippen LogP contribution in [0.4, 0.5) is 0 Å². The molecule has 1 unspecified atom stereocenters. The third-order valence-corrected chi connectivity index (χ3v) is 1.38. The zero-order valence-electron chi connectivity index (χ0n) is 6.79. The summed E-state index contributed by atoms with van der Waals surface area (Å²) in [4.78, 5) is 21.6. The lowest BCUT2D eigenvalue weighted by atomic mass is 10.0. The van der Waals surface area contributed by atoms with Gasteiger partial charge in [0.1, 0.15) is 11.7 Å². The van der Waals surface area contributed by atoms with Crippen LogP contribution in [-0.4, -0.2) is 18.9 Å². The van der Waals surface area contributed by atoms with Crippen LogP contribution >= 0.6 is 0 Å². The molecular weight excluding hydrogens is 144 g/mol. The molecular formula is C8H12O3. The number of carbonyl (C=O) groups excluding carboxylic acids is 2. The summed E-state index contributed by atoms with van der Waals surface area (Å²) in [6, 6.07) is 0. The van der Waals surface area contributed by atoms with Crippen LogP contribution in [0.2, 0.25) is 0 Å². The van der Waals surface area contributed by atoms with Gasteiger partial charge in [0.05, 0.1) is 7.11 Å². The molecule has 0 fully saturated rings. The molecule has 0 aromatic rings. The van der Waals surface area contributed by atoms with E-state index in [0.29, 0.717) is 6.42 Å². The molecule has 11 heavy (non-hydrogen) atoms. The van der Waals surface area contributed by atoms with E-state index in [-0.39, 0.29) is 5.78 Å². The third kappa shape index (κ3) is 2.98. The Labute approximate surface area is 66.0 Å². The second kappa shape index (κ2) is 4.66. The van der Waals surface area contributed by atoms with Crippen molar-refractivity contribution >= 4 is 11.8 Å². The number of methoxy groups -OCH3 is 1. The quantitative estimate of drug-likeness (QED) is 0.345. The number of allylic oxidation sites excluding steroid dienone is 1. The summed E-state index contributed by atoms with van der Waals surface area (Å²) < 4.78 is 4.42. The number of carbonyl (C=O) groups is 2. The van der Waals surface area contributed by atoms with Crippen LogP contribution in [0.5, 0.6) is 0 Å². The van der Waals surface area contributed by atoms with Gasteiger partial charge in [-0.25, -0.2) is 0 Å². The van der Waals surface area contributed by atoms with Crippen LogP contribution in [-0.2, 0) is 14.3 Å². The van der Waals surface area contributed by atoms with Gasteiger partial charge in [-0.05, 0) is 13.3 Å². The summed E-state index contributed by atoms with van der Waals surface area (Å²) in [6.07, 6.45) is 1.88. The fraction of sp³-hybridized carbons (Fsp3) is 0.500. The zero-order chi connectivity index (χ0) is 8.85. The number of hydrogen-bond acceptors (Lipinski definition) is 3. The van der Waals surface area contributed by atoms with Crippen molar-refractivity contribution in [3.05, 3.63) is 12.7 Å². The molecule has 0 bridgehead atoms. The molecule has 0 radical (unpaired) electrons. The van der Waals surface area contributed by atoms with Crippen LogP contribution in [0, 0.1) is 5.92 Å². The minimum Gasteiger partial charge on any atom is -0.468 e. The van der Waals surface area contributed by atoms with Gasteiger partial charge in [-0.3, -0.25) is 9.59 Å². The van der Waals surface area contributed by atoms with E-state index in [1.165, 1.54) is 20.1 Å². The third-order valence-electron chi connectivity index (χ3n) is 1.38. The molecule has 0 rings (SSSR count). The largest absolute Gasteiger partial charge is 0.468 e. The maximum Gasteiger partial charge on any atom is 0.316 e. The van der Waals surface area contributed by atoms with Gasteiger partial charge >= 0.3 is 5.97 Å². The van der Waals surface area contributed by atoms with Crippen molar-refractivity contribution < 1.29 is 14.3 Å². The molecule has 3 nitrogen and oxygen atoms in total. The molecule has 0 saturated carbocycles. The monoisotopic (exact) mass is 156 g/mol. The highest BCUT2D eigenvalue weighted by Crippen LogP contribution is 2.06. The first-order valence-corrected chi connectivity index (χ1v) is 3.32. The van der Waals surface area contributed by atoms with Gasteiger partial charge in [-0.15, -0.1) is 6.58 Å². The van der Waals surface area contributed by atoms with E-state index in [9.17, 15) is 9.59 Å². The smallest absolute Gasteiger partial charge is 0.316 e. The van der Waals surface area contributed by atoms with E-state index in [0.717, 1.165) is 0 Å². The molecule has 62 valence electrons. The molecule has 0 amide bonds. The lowest BCUT2D eigenvalue weighted by molar-refractivity contribution is -0.148. The zero-order valence-corrected chi connectivity index (χ0v) is 6.79. The van der Waals surface area contributed by atoms with Crippen molar-refractivity contribution in [3.63, 3.8) is 0 Å². The topological polar surface area (TPSA) is 43.4 Å². The van der Waals surface area contributed by atoms with Gasteiger partial charge in [0.2, 0.25) is 0 Å². The van der Waals surface area contributed by atoms with Crippen LogP contribution in [0.25, 0.3) is 0 Å². The normalized spacial score (nSPS) is 11.8. The summed E-state index contributed by atoms with van der Waals surface area (Å²) in [6.45, 7) is 4.81. The summed E-state index contributed by atoms with van der Waals surface area (Å²) in [7, 11) is 1.27. The minimum atomic E-state index is -0.669. The Morgan fingerprint density at radius 2 is 2.18 bits per heavy atom. The molecule has 0 aliphatic heterocycles. The van der Waals surface area contributed by atoms with Gasteiger partial charge < -0.3 is 4.74 Å². The number of rotatable bonds is 4. The van der Waals surface area contributed by atoms with Gasteiger partial charge in [0, 0.05) is 0 Å². The number of ether oxygens (including phenoxy) is 1. The van der Waals surface area contributed by atoms with Gasteiger partial charge in [0.25, 0.3) is 0 Å². The van der Waals surface area contributed by atoms with E-state index in [1.54, 1.807) is 0 Å². The van der Waals surface area contributed by atoms with E-state index in [1.807, 2.05) is 0 Å². The van der Waals surface area contributed by atoms with Crippen LogP contribution in [0.1, 0.15) is 13.3 Å². The molecule has 0 spiro atoms. The first-order valence-electron chi connectivity index (χ1n) is 3.32. The maximum atomic E-state index is 10.9. The van der Waals surface area contributed by atoms with Crippen molar-refractivity contribution in [2.45, 2.75) is 13.3 Å². The maximum absolute atomic E-state index is 10.9. The summed E-state index contributed by atoms with van der Waals surface area (Å²) >= 11 is 0. The first-order chi connectivity index (χ1) is 5.13. The molecule has 0 aromatic carbocycles. The second-order valence-corrected chi connectivity index (χ2v) is 2.21. The predicted molar refractivity (Wildman–Crippen MR) is 41.0 cm³/mol. The predicted octanol–water partition coefficient (Wildman–Crippen LogP) is 0.941. The van der Waals surface area contributed by atoms with E-state index < -0.39 is 11.9 Å². The van der Waals surface area contributed by atoms with Crippen molar-refractivity contribution in [2.75, 3.05) is 7.11 Å². The van der Waals surface area contributed by atoms with Gasteiger partial charge in [0.15, 0.2) is 0 Å². The summed E-state index contributed by atoms with van der Waals surface area (Å²) in [5.74, 6) is -1.34. The van der Waals surface area contributed by atoms with E-state index in [2.05, 4.69) is 11.3 Å². The number of Topliss-reactive ketones (excluding diaryl/α,β-unsaturated/α-hetero) is 1. The SMILES string of the molecule is C=CCC(C(C)=O)C(=O)OC. The van der Waals surface area contributed by atoms with Crippen LogP contribution in [0.15, 0.2) is 12.7 Å². The second-order valence-electron chi connectivity index (χ2n) is 2.21. The molecule has 0 aliphatic carbocycles. The van der Waals surface area contributed by atoms with Gasteiger partial charge in [-0.2, -0.15) is 0 Å². The lowest BCUT2D eigenvalue weighted by Gasteiger charge is -2.07. The molecule has 1 atom stereocenters. The fourth-order valence-electron chi connectivity index (χ4n) is 0.737. The van der Waals surface area contributed by atoms with Crippen molar-refractivity contribution in [1.82, 2.24) is 0 Å². The Balaban J connectivity index is 4.20. The van der Waals surface area contributed by atoms with Crippen LogP contribution in [0.3, 0.4) is 0 Å². The minimum absolute atomic E-state index is 0.184. The standard InChI is InChI=1S/C8H12O3/c1-4-5-7(6(2)9)8(10)11-3/h4,7H,1,5H2,2-3H3. The average Bonchev–Trinajstić information content (AvgIpc) is 1.98. The Morgan fingerprint density at radius 1 is 1.64 bits per heavy atom. The highest BCUT2D eigenvalue weighted by molar-refractivity contribution is 5.97. The first kappa shape index (κ1) is 9.88. The molecule has 0 N–H and O–H groups in total. The Bertz CT molecular complexity index is 172. The fourth-order valence-corrected chi connectivity index (χ4v) is 0.737. The van der Waals surface area contributed by atoms with Crippen molar-refractivity contribution in [1.29, 1.82) is 0 Å². The molecule has 0 saturated heterocycles. The molecule has 0 aromatic heterocycles. The lowest BCUT2D eigenvalue weighted by Crippen LogP contribution is -2.22. The Morgan fingerprint density at radius 3 is 2.45 bits per heavy atom. The van der Waals surface area contributed by atoms with Crippen molar-refractivity contribution in [2.24, 2.45) is 5.92 Å². The molecule has 0 heterocycles. The highest BCUT2D eigenvalue weighted by atomic mass is 16.5. The molecule has 3 heteroatoms. The number of esters is 1. The van der Waals surface area contributed by atoms with E-state index >= 15 is 0 Å². The average molecular weight is 156 g/mol. The summed E-state index contributed by atoms with van der Waals surface area (Å²) in [5.41, 5.74) is 0. The Hall–Kier alpha value is -1.12.